The Morgan fingerprint density at radius 1 is 1.16 bits per heavy atom. The van der Waals surface area contributed by atoms with Gasteiger partial charge in [0.25, 0.3) is 0 Å². The van der Waals surface area contributed by atoms with Crippen LogP contribution < -0.4 is 9.47 Å². The highest BCUT2D eigenvalue weighted by Gasteiger charge is 2.18. The van der Waals surface area contributed by atoms with Crippen LogP contribution in [-0.4, -0.2) is 12.6 Å². The fourth-order valence-corrected chi connectivity index (χ4v) is 3.97. The number of benzene rings is 2. The molecule has 2 aromatic rings. The van der Waals surface area contributed by atoms with E-state index in [1.807, 2.05) is 6.07 Å². The molecule has 0 saturated heterocycles. The van der Waals surface area contributed by atoms with Gasteiger partial charge in [-0.15, -0.1) is 0 Å². The van der Waals surface area contributed by atoms with Gasteiger partial charge in [0, 0.05) is 0 Å². The monoisotopic (exact) mass is 421 g/mol. The summed E-state index contributed by atoms with van der Waals surface area (Å²) >= 11 is 0. The van der Waals surface area contributed by atoms with Crippen LogP contribution in [0.4, 0.5) is 4.39 Å². The van der Waals surface area contributed by atoms with Gasteiger partial charge < -0.3 is 9.47 Å². The molecule has 0 N–H and O–H groups in total. The predicted octanol–water partition coefficient (Wildman–Crippen LogP) is 6.46. The Balaban J connectivity index is 1.45. The number of carbonyl (C=O) groups excluding carboxylic acids is 1. The molecule has 1 fully saturated rings. The number of nitriles is 1. The molecule has 162 valence electrons. The molecular weight excluding hydrogens is 393 g/mol. The Kier molecular flexibility index (Phi) is 8.23. The van der Waals surface area contributed by atoms with Crippen LogP contribution >= 0.6 is 0 Å². The highest BCUT2D eigenvalue weighted by atomic mass is 19.1. The molecule has 0 atom stereocenters. The minimum atomic E-state index is -0.752. The molecule has 0 radical (unpaired) electrons. The maximum absolute atomic E-state index is 13.9. The van der Waals surface area contributed by atoms with Gasteiger partial charge in [0.15, 0.2) is 11.6 Å². The molecule has 1 saturated carbocycles. The normalized spacial score (nSPS) is 18.5. The molecule has 2 aromatic carbocycles. The number of rotatable bonds is 8. The third-order valence-corrected chi connectivity index (χ3v) is 5.70. The number of hydrogen-bond acceptors (Lipinski definition) is 4. The van der Waals surface area contributed by atoms with Crippen LogP contribution in [0.15, 0.2) is 54.6 Å². The molecule has 0 amide bonds. The average Bonchev–Trinajstić information content (AvgIpc) is 2.79. The Labute approximate surface area is 183 Å². The summed E-state index contributed by atoms with van der Waals surface area (Å²) in [6.07, 6.45) is 12.1. The van der Waals surface area contributed by atoms with Gasteiger partial charge in [0.1, 0.15) is 12.4 Å². The van der Waals surface area contributed by atoms with Crippen molar-refractivity contribution in [3.05, 3.63) is 71.6 Å². The van der Waals surface area contributed by atoms with E-state index in [0.29, 0.717) is 18.3 Å². The van der Waals surface area contributed by atoms with Crippen LogP contribution in [-0.2, 0) is 0 Å². The second-order valence-electron chi connectivity index (χ2n) is 7.98. The van der Waals surface area contributed by atoms with Crippen molar-refractivity contribution in [2.24, 2.45) is 11.8 Å². The third-order valence-electron chi connectivity index (χ3n) is 5.70. The van der Waals surface area contributed by atoms with E-state index in [1.165, 1.54) is 50.7 Å². The van der Waals surface area contributed by atoms with E-state index in [2.05, 4.69) is 19.1 Å². The highest BCUT2D eigenvalue weighted by Crippen LogP contribution is 2.32. The minimum absolute atomic E-state index is 0.164. The Morgan fingerprint density at radius 3 is 2.55 bits per heavy atom. The van der Waals surface area contributed by atoms with E-state index in [-0.39, 0.29) is 16.9 Å². The van der Waals surface area contributed by atoms with Gasteiger partial charge in [-0.2, -0.15) is 5.26 Å². The number of esters is 1. The smallest absolute Gasteiger partial charge is 0.343 e. The van der Waals surface area contributed by atoms with E-state index in [4.69, 9.17) is 14.7 Å². The van der Waals surface area contributed by atoms with Crippen molar-refractivity contribution in [2.75, 3.05) is 6.61 Å². The fourth-order valence-electron chi connectivity index (χ4n) is 3.97. The second kappa shape index (κ2) is 11.3. The number of nitrogens with zero attached hydrogens (tertiary/aromatic N) is 1. The molecule has 0 spiro atoms. The summed E-state index contributed by atoms with van der Waals surface area (Å²) in [7, 11) is 0. The van der Waals surface area contributed by atoms with Gasteiger partial charge in [0.05, 0.1) is 17.2 Å². The largest absolute Gasteiger partial charge is 0.490 e. The van der Waals surface area contributed by atoms with E-state index in [0.717, 1.165) is 12.0 Å². The molecular formula is C26H28FNO3. The summed E-state index contributed by atoms with van der Waals surface area (Å²) in [6.45, 7) is 2.74. The van der Waals surface area contributed by atoms with Gasteiger partial charge >= 0.3 is 5.97 Å². The summed E-state index contributed by atoms with van der Waals surface area (Å²) in [6, 6.07) is 12.1. The number of halogens is 1. The lowest BCUT2D eigenvalue weighted by molar-refractivity contribution is 0.0728. The number of hydrogen-bond donors (Lipinski definition) is 0. The van der Waals surface area contributed by atoms with Crippen LogP contribution in [0.25, 0.3) is 0 Å². The Bertz CT molecular complexity index is 938. The Hall–Kier alpha value is -3.13. The van der Waals surface area contributed by atoms with Crippen molar-refractivity contribution in [1.82, 2.24) is 0 Å². The first-order chi connectivity index (χ1) is 15.1. The zero-order valence-corrected chi connectivity index (χ0v) is 17.9. The first-order valence-corrected chi connectivity index (χ1v) is 10.9. The SMILES string of the molecule is CCC[C@H]1CC[C@H](C=CCOc2ccc(C(=O)Oc3ccc(C#N)cc3F)cc2)CC1. The van der Waals surface area contributed by atoms with Crippen molar-refractivity contribution in [3.8, 4) is 17.6 Å². The van der Waals surface area contributed by atoms with Crippen LogP contribution in [0.2, 0.25) is 0 Å². The summed E-state index contributed by atoms with van der Waals surface area (Å²) in [5.74, 6) is 0.573. The second-order valence-corrected chi connectivity index (χ2v) is 7.98. The topological polar surface area (TPSA) is 59.3 Å². The molecule has 0 bridgehead atoms. The third kappa shape index (κ3) is 6.68. The fraction of sp³-hybridized carbons (Fsp3) is 0.385. The summed E-state index contributed by atoms with van der Waals surface area (Å²) in [5, 5.41) is 8.77. The van der Waals surface area contributed by atoms with Gasteiger partial charge in [-0.05, 0) is 80.0 Å². The van der Waals surface area contributed by atoms with Crippen molar-refractivity contribution in [1.29, 1.82) is 5.26 Å². The van der Waals surface area contributed by atoms with Crippen LogP contribution in [0, 0.1) is 29.0 Å². The Morgan fingerprint density at radius 2 is 1.90 bits per heavy atom. The van der Waals surface area contributed by atoms with Crippen molar-refractivity contribution in [2.45, 2.75) is 45.4 Å². The number of ether oxygens (including phenoxy) is 2. The first-order valence-electron chi connectivity index (χ1n) is 10.9. The van der Waals surface area contributed by atoms with Gasteiger partial charge in [0.2, 0.25) is 0 Å². The minimum Gasteiger partial charge on any atom is -0.490 e. The van der Waals surface area contributed by atoms with Crippen molar-refractivity contribution < 1.29 is 18.7 Å². The lowest BCUT2D eigenvalue weighted by Gasteiger charge is -2.26. The molecule has 31 heavy (non-hydrogen) atoms. The number of carbonyl (C=O) groups is 1. The van der Waals surface area contributed by atoms with Crippen LogP contribution in [0.5, 0.6) is 11.5 Å². The van der Waals surface area contributed by atoms with Crippen LogP contribution in [0.1, 0.15) is 61.4 Å². The lowest BCUT2D eigenvalue weighted by atomic mass is 9.80. The highest BCUT2D eigenvalue weighted by molar-refractivity contribution is 5.91. The maximum Gasteiger partial charge on any atom is 0.343 e. The van der Waals surface area contributed by atoms with E-state index < -0.39 is 11.8 Å². The molecule has 5 heteroatoms. The number of allylic oxidation sites excluding steroid dienone is 1. The lowest BCUT2D eigenvalue weighted by Crippen LogP contribution is -2.13. The van der Waals surface area contributed by atoms with E-state index in [9.17, 15) is 9.18 Å². The van der Waals surface area contributed by atoms with Gasteiger partial charge in [-0.25, -0.2) is 9.18 Å². The molecule has 0 unspecified atom stereocenters. The maximum atomic E-state index is 13.9. The predicted molar refractivity (Wildman–Crippen MR) is 118 cm³/mol. The molecule has 4 nitrogen and oxygen atoms in total. The summed E-state index contributed by atoms with van der Waals surface area (Å²) < 4.78 is 24.7. The molecule has 0 aromatic heterocycles. The molecule has 1 aliphatic rings. The first kappa shape index (κ1) is 22.6. The molecule has 0 aliphatic heterocycles. The van der Waals surface area contributed by atoms with Gasteiger partial charge in [-0.1, -0.05) is 31.9 Å². The van der Waals surface area contributed by atoms with Crippen molar-refractivity contribution >= 4 is 5.97 Å². The quantitative estimate of drug-likeness (QED) is 0.279. The zero-order chi connectivity index (χ0) is 22.1. The molecule has 1 aliphatic carbocycles. The van der Waals surface area contributed by atoms with Crippen LogP contribution in [0.3, 0.4) is 0 Å². The van der Waals surface area contributed by atoms with E-state index in [1.54, 1.807) is 24.3 Å². The summed E-state index contributed by atoms with van der Waals surface area (Å²) in [4.78, 5) is 12.2. The average molecular weight is 422 g/mol. The summed E-state index contributed by atoms with van der Waals surface area (Å²) in [5.41, 5.74) is 0.451. The van der Waals surface area contributed by atoms with Gasteiger partial charge in [-0.3, -0.25) is 0 Å². The van der Waals surface area contributed by atoms with E-state index >= 15 is 0 Å². The molecule has 0 heterocycles. The standard InChI is InChI=1S/C26H28FNO3/c1-2-4-19-6-8-20(9-7-19)5-3-16-30-23-13-11-22(12-14-23)26(29)31-25-15-10-21(18-28)17-24(25)27/h3,5,10-15,17,19-20H,2,4,6-9,16H2,1H3/t19-,20-. The molecule has 3 rings (SSSR count). The zero-order valence-electron chi connectivity index (χ0n) is 17.9. The van der Waals surface area contributed by atoms with Crippen molar-refractivity contribution in [3.63, 3.8) is 0 Å².